The molecule has 2 rings (SSSR count). The van der Waals surface area contributed by atoms with E-state index in [0.717, 1.165) is 13.1 Å². The number of nitrogens with zero attached hydrogens (tertiary/aromatic N) is 1. The smallest absolute Gasteiger partial charge is 0.408 e. The molecular weight excluding hydrogens is 540 g/mol. The summed E-state index contributed by atoms with van der Waals surface area (Å²) in [6.45, 7) is 6.64. The van der Waals surface area contributed by atoms with Crippen LogP contribution < -0.4 is 10.6 Å². The maximum absolute atomic E-state index is 12.5. The highest BCUT2D eigenvalue weighted by Gasteiger charge is 2.33. The molecule has 1 aromatic carbocycles. The number of halogens is 3. The normalized spacial score (nSPS) is 16.7. The first-order chi connectivity index (χ1) is 14.2. The second-order valence-corrected chi connectivity index (χ2v) is 9.80. The summed E-state index contributed by atoms with van der Waals surface area (Å²) in [7, 11) is 1.50. The van der Waals surface area contributed by atoms with Gasteiger partial charge in [-0.15, -0.1) is 0 Å². The standard InChI is InChI=1S/C19H27BBr2ClN3O4/c1-12(2)8-16(20-29-6-4-26(3)5-7-30-20)25-17(27)11-24-19(28)14-9-13(21)10-15(22)18(14)23/h9-10,12,16H,4-8,11H2,1-3H3,(H,24,28)(H,25,27)/t16-/m0/s1. The van der Waals surface area contributed by atoms with Crippen molar-refractivity contribution < 1.29 is 18.9 Å². The van der Waals surface area contributed by atoms with E-state index in [9.17, 15) is 9.59 Å². The molecule has 0 aromatic heterocycles. The molecule has 0 unspecified atom stereocenters. The van der Waals surface area contributed by atoms with Gasteiger partial charge in [0, 0.05) is 35.2 Å². The highest BCUT2D eigenvalue weighted by molar-refractivity contribution is 9.11. The van der Waals surface area contributed by atoms with Crippen molar-refractivity contribution in [2.45, 2.75) is 26.2 Å². The Morgan fingerprint density at radius 2 is 1.87 bits per heavy atom. The van der Waals surface area contributed by atoms with E-state index in [-0.39, 0.29) is 29.0 Å². The van der Waals surface area contributed by atoms with E-state index in [1.54, 1.807) is 12.1 Å². The Morgan fingerprint density at radius 1 is 1.23 bits per heavy atom. The molecule has 0 spiro atoms. The lowest BCUT2D eigenvalue weighted by molar-refractivity contribution is -0.120. The Balaban J connectivity index is 1.96. The van der Waals surface area contributed by atoms with Crippen LogP contribution in [0.25, 0.3) is 0 Å². The van der Waals surface area contributed by atoms with E-state index in [2.05, 4.69) is 61.2 Å². The van der Waals surface area contributed by atoms with Gasteiger partial charge < -0.3 is 24.8 Å². The fourth-order valence-electron chi connectivity index (χ4n) is 3.02. The SMILES string of the molecule is CC(C)C[C@H](NC(=O)CNC(=O)c1cc(Br)cc(Br)c1Cl)B1OCCN(C)CCO1. The van der Waals surface area contributed by atoms with Crippen LogP contribution >= 0.6 is 43.5 Å². The minimum Gasteiger partial charge on any atom is -0.408 e. The van der Waals surface area contributed by atoms with Gasteiger partial charge in [0.05, 0.1) is 23.1 Å². The molecule has 1 atom stereocenters. The first-order valence-electron chi connectivity index (χ1n) is 9.81. The maximum atomic E-state index is 12.5. The van der Waals surface area contributed by atoms with E-state index in [0.29, 0.717) is 34.5 Å². The van der Waals surface area contributed by atoms with Gasteiger partial charge in [0.1, 0.15) is 0 Å². The average Bonchev–Trinajstić information content (AvgIpc) is 2.64. The summed E-state index contributed by atoms with van der Waals surface area (Å²) in [6, 6.07) is 3.35. The van der Waals surface area contributed by atoms with Crippen LogP contribution in [0.2, 0.25) is 5.02 Å². The third kappa shape index (κ3) is 8.13. The van der Waals surface area contributed by atoms with Gasteiger partial charge in [-0.25, -0.2) is 0 Å². The lowest BCUT2D eigenvalue weighted by Crippen LogP contribution is -2.54. The second kappa shape index (κ2) is 12.4. The number of hydrogen-bond donors (Lipinski definition) is 2. The Labute approximate surface area is 200 Å². The van der Waals surface area contributed by atoms with Gasteiger partial charge in [0.25, 0.3) is 5.91 Å². The van der Waals surface area contributed by atoms with Crippen LogP contribution in [0.3, 0.4) is 0 Å². The zero-order valence-electron chi connectivity index (χ0n) is 17.3. The third-order valence-electron chi connectivity index (χ3n) is 4.56. The fourth-order valence-corrected chi connectivity index (χ4v) is 4.44. The first kappa shape index (κ1) is 25.6. The van der Waals surface area contributed by atoms with Crippen molar-refractivity contribution in [2.24, 2.45) is 5.92 Å². The molecule has 2 N–H and O–H groups in total. The number of nitrogens with one attached hydrogen (secondary N) is 2. The molecule has 1 fully saturated rings. The van der Waals surface area contributed by atoms with Gasteiger partial charge in [-0.2, -0.15) is 0 Å². The molecule has 1 heterocycles. The van der Waals surface area contributed by atoms with Crippen molar-refractivity contribution >= 4 is 62.4 Å². The molecule has 1 aromatic rings. The highest BCUT2D eigenvalue weighted by atomic mass is 79.9. The van der Waals surface area contributed by atoms with Gasteiger partial charge in [-0.05, 0) is 47.4 Å². The van der Waals surface area contributed by atoms with Crippen LogP contribution in [0.1, 0.15) is 30.6 Å². The predicted molar refractivity (Wildman–Crippen MR) is 126 cm³/mol. The minimum atomic E-state index is -0.517. The van der Waals surface area contributed by atoms with Crippen LogP contribution in [0, 0.1) is 5.92 Å². The van der Waals surface area contributed by atoms with Gasteiger partial charge in [-0.1, -0.05) is 41.4 Å². The molecule has 1 saturated heterocycles. The summed E-state index contributed by atoms with van der Waals surface area (Å²) in [5.41, 5.74) is 0.278. The third-order valence-corrected chi connectivity index (χ3v) is 6.28. The van der Waals surface area contributed by atoms with E-state index in [1.807, 2.05) is 7.05 Å². The minimum absolute atomic E-state index is 0.177. The van der Waals surface area contributed by atoms with E-state index in [4.69, 9.17) is 20.9 Å². The predicted octanol–water partition coefficient (Wildman–Crippen LogP) is 3.13. The molecule has 11 heteroatoms. The number of carbonyl (C=O) groups is 2. The molecule has 2 amide bonds. The summed E-state index contributed by atoms with van der Waals surface area (Å²) >= 11 is 12.8. The van der Waals surface area contributed by atoms with Crippen molar-refractivity contribution in [3.8, 4) is 0 Å². The number of amides is 2. The summed E-state index contributed by atoms with van der Waals surface area (Å²) in [6.07, 6.45) is 0.699. The fraction of sp³-hybridized carbons (Fsp3) is 0.579. The Kier molecular flexibility index (Phi) is 10.6. The zero-order chi connectivity index (χ0) is 22.3. The van der Waals surface area contributed by atoms with Crippen LogP contribution in [-0.2, 0) is 14.1 Å². The van der Waals surface area contributed by atoms with Crippen molar-refractivity contribution in [3.05, 3.63) is 31.7 Å². The Morgan fingerprint density at radius 3 is 2.47 bits per heavy atom. The van der Waals surface area contributed by atoms with Crippen LogP contribution in [0.4, 0.5) is 0 Å². The molecule has 1 aliphatic heterocycles. The van der Waals surface area contributed by atoms with E-state index < -0.39 is 13.0 Å². The van der Waals surface area contributed by atoms with Gasteiger partial charge in [-0.3, -0.25) is 9.59 Å². The summed E-state index contributed by atoms with van der Waals surface area (Å²) < 4.78 is 13.0. The van der Waals surface area contributed by atoms with Crippen LogP contribution in [-0.4, -0.2) is 69.7 Å². The molecule has 0 saturated carbocycles. The number of benzene rings is 1. The molecule has 166 valence electrons. The molecule has 7 nitrogen and oxygen atoms in total. The van der Waals surface area contributed by atoms with Crippen molar-refractivity contribution in [1.82, 2.24) is 15.5 Å². The number of likely N-dealkylation sites (N-methyl/N-ethyl adjacent to an activating group) is 1. The van der Waals surface area contributed by atoms with Crippen LogP contribution in [0.15, 0.2) is 21.1 Å². The molecule has 30 heavy (non-hydrogen) atoms. The summed E-state index contributed by atoms with van der Waals surface area (Å²) in [4.78, 5) is 27.2. The topological polar surface area (TPSA) is 79.9 Å². The summed E-state index contributed by atoms with van der Waals surface area (Å²) in [5.74, 6) is -0.714. The number of carbonyl (C=O) groups excluding carboxylic acids is 2. The monoisotopic (exact) mass is 565 g/mol. The van der Waals surface area contributed by atoms with Gasteiger partial charge in [0.15, 0.2) is 0 Å². The van der Waals surface area contributed by atoms with Crippen molar-refractivity contribution in [1.29, 1.82) is 0 Å². The second-order valence-electron chi connectivity index (χ2n) is 7.65. The Hall–Kier alpha value is -0.645. The molecule has 0 bridgehead atoms. The zero-order valence-corrected chi connectivity index (χ0v) is 21.3. The molecule has 0 aliphatic carbocycles. The molecular formula is C19H27BBr2ClN3O4. The van der Waals surface area contributed by atoms with E-state index >= 15 is 0 Å². The van der Waals surface area contributed by atoms with Gasteiger partial charge in [0.2, 0.25) is 5.91 Å². The Bertz CT molecular complexity index is 747. The number of hydrogen-bond acceptors (Lipinski definition) is 5. The lowest BCUT2D eigenvalue weighted by Gasteiger charge is -2.29. The van der Waals surface area contributed by atoms with Crippen molar-refractivity contribution in [3.63, 3.8) is 0 Å². The maximum Gasteiger partial charge on any atom is 0.480 e. The molecule has 1 aliphatic rings. The van der Waals surface area contributed by atoms with Crippen LogP contribution in [0.5, 0.6) is 0 Å². The summed E-state index contributed by atoms with van der Waals surface area (Å²) in [5, 5.41) is 5.86. The first-order valence-corrected chi connectivity index (χ1v) is 11.8. The highest BCUT2D eigenvalue weighted by Crippen LogP contribution is 2.30. The largest absolute Gasteiger partial charge is 0.480 e. The van der Waals surface area contributed by atoms with E-state index in [1.165, 1.54) is 0 Å². The lowest BCUT2D eigenvalue weighted by atomic mass is 9.73. The average molecular weight is 568 g/mol. The number of rotatable bonds is 7. The van der Waals surface area contributed by atoms with Gasteiger partial charge >= 0.3 is 7.12 Å². The van der Waals surface area contributed by atoms with Crippen molar-refractivity contribution in [2.75, 3.05) is 39.9 Å². The quantitative estimate of drug-likeness (QED) is 0.391. The molecule has 0 radical (unpaired) electrons.